The maximum atomic E-state index is 13.6. The zero-order valence-corrected chi connectivity index (χ0v) is 21.1. The number of carbonyl (C=O) groups is 1. The van der Waals surface area contributed by atoms with E-state index in [0.717, 1.165) is 14.9 Å². The summed E-state index contributed by atoms with van der Waals surface area (Å²) >= 11 is 3.35. The van der Waals surface area contributed by atoms with Gasteiger partial charge in [-0.05, 0) is 47.2 Å². The number of ether oxygens (including phenoxy) is 1. The number of hydrogen-bond donors (Lipinski definition) is 0. The van der Waals surface area contributed by atoms with Gasteiger partial charge in [-0.1, -0.05) is 72.0 Å². The van der Waals surface area contributed by atoms with Crippen molar-refractivity contribution in [2.75, 3.05) is 6.61 Å². The van der Waals surface area contributed by atoms with Gasteiger partial charge in [-0.2, -0.15) is 0 Å². The van der Waals surface area contributed by atoms with Crippen molar-refractivity contribution < 1.29 is 13.9 Å². The number of thiazole rings is 1. The highest BCUT2D eigenvalue weighted by Crippen LogP contribution is 2.35. The molecule has 0 unspecified atom stereocenters. The Morgan fingerprint density at radius 3 is 2.47 bits per heavy atom. The van der Waals surface area contributed by atoms with Crippen LogP contribution in [0.5, 0.6) is 0 Å². The monoisotopic (exact) mass is 582 g/mol. The van der Waals surface area contributed by atoms with Gasteiger partial charge in [-0.25, -0.2) is 9.79 Å². The molecular weight excluding hydrogens is 563 g/mol. The smallest absolute Gasteiger partial charge is 0.338 e. The van der Waals surface area contributed by atoms with Crippen molar-refractivity contribution in [3.63, 3.8) is 0 Å². The van der Waals surface area contributed by atoms with Crippen molar-refractivity contribution in [1.29, 1.82) is 0 Å². The number of esters is 1. The highest BCUT2D eigenvalue weighted by Gasteiger charge is 2.35. The number of benzene rings is 2. The van der Waals surface area contributed by atoms with Crippen LogP contribution in [0.4, 0.5) is 0 Å². The highest BCUT2D eigenvalue weighted by atomic mass is 127. The van der Waals surface area contributed by atoms with Gasteiger partial charge in [0.25, 0.3) is 5.56 Å². The predicted octanol–water partition coefficient (Wildman–Crippen LogP) is 4.13. The van der Waals surface area contributed by atoms with E-state index in [-0.39, 0.29) is 12.2 Å². The summed E-state index contributed by atoms with van der Waals surface area (Å²) in [5.41, 5.74) is 2.19. The Labute approximate surface area is 212 Å². The van der Waals surface area contributed by atoms with Crippen LogP contribution in [-0.4, -0.2) is 17.1 Å². The zero-order chi connectivity index (χ0) is 23.7. The molecule has 1 atom stereocenters. The van der Waals surface area contributed by atoms with Crippen LogP contribution in [0.3, 0.4) is 0 Å². The summed E-state index contributed by atoms with van der Waals surface area (Å²) in [4.78, 5) is 32.3. The molecule has 2 aromatic carbocycles. The van der Waals surface area contributed by atoms with Crippen LogP contribution >= 0.6 is 33.9 Å². The molecule has 34 heavy (non-hydrogen) atoms. The van der Waals surface area contributed by atoms with Crippen LogP contribution < -0.4 is 14.9 Å². The van der Waals surface area contributed by atoms with Crippen molar-refractivity contribution in [3.8, 4) is 0 Å². The van der Waals surface area contributed by atoms with Crippen molar-refractivity contribution in [2.24, 2.45) is 4.99 Å². The summed E-state index contributed by atoms with van der Waals surface area (Å²) in [6, 6.07) is 22.0. The Morgan fingerprint density at radius 2 is 1.82 bits per heavy atom. The third kappa shape index (κ3) is 4.19. The van der Waals surface area contributed by atoms with Gasteiger partial charge >= 0.3 is 5.97 Å². The van der Waals surface area contributed by atoms with Crippen LogP contribution in [0.15, 0.2) is 92.6 Å². The third-order valence-corrected chi connectivity index (χ3v) is 6.92. The maximum absolute atomic E-state index is 13.6. The molecule has 5 rings (SSSR count). The molecule has 0 saturated heterocycles. The first-order chi connectivity index (χ1) is 16.6. The van der Waals surface area contributed by atoms with E-state index < -0.39 is 12.0 Å². The molecule has 0 amide bonds. The summed E-state index contributed by atoms with van der Waals surface area (Å²) in [5, 5.41) is 0. The largest absolute Gasteiger partial charge is 0.463 e. The van der Waals surface area contributed by atoms with Gasteiger partial charge in [-0.15, -0.1) is 0 Å². The number of fused-ring (bicyclic) bond motifs is 1. The fourth-order valence-corrected chi connectivity index (χ4v) is 5.34. The molecule has 0 bridgehead atoms. The number of rotatable bonds is 5. The SMILES string of the molecule is CCOC(=O)C1=C(c2ccccc2)N=c2s/c(=C\c3ccc(I)o3)c(=O)n2[C@H]1c1ccccc1. The Kier molecular flexibility index (Phi) is 6.34. The van der Waals surface area contributed by atoms with Crippen LogP contribution in [-0.2, 0) is 9.53 Å². The van der Waals surface area contributed by atoms with Crippen molar-refractivity contribution in [3.05, 3.63) is 119 Å². The number of hydrogen-bond acceptors (Lipinski definition) is 6. The van der Waals surface area contributed by atoms with Gasteiger partial charge in [0.1, 0.15) is 5.76 Å². The first kappa shape index (κ1) is 22.5. The van der Waals surface area contributed by atoms with E-state index in [1.807, 2.05) is 72.8 Å². The lowest BCUT2D eigenvalue weighted by atomic mass is 9.93. The molecule has 8 heteroatoms. The molecular formula is C26H19IN2O4S. The lowest BCUT2D eigenvalue weighted by Gasteiger charge is -2.25. The fourth-order valence-electron chi connectivity index (χ4n) is 3.93. The summed E-state index contributed by atoms with van der Waals surface area (Å²) in [6.07, 6.45) is 1.71. The topological polar surface area (TPSA) is 73.8 Å². The molecule has 2 aromatic heterocycles. The first-order valence-corrected chi connectivity index (χ1v) is 12.5. The van der Waals surface area contributed by atoms with Gasteiger partial charge in [0, 0.05) is 11.6 Å². The predicted molar refractivity (Wildman–Crippen MR) is 139 cm³/mol. The van der Waals surface area contributed by atoms with Gasteiger partial charge in [0.05, 0.1) is 28.5 Å². The highest BCUT2D eigenvalue weighted by molar-refractivity contribution is 14.1. The number of halogens is 1. The van der Waals surface area contributed by atoms with E-state index in [4.69, 9.17) is 14.1 Å². The molecule has 0 N–H and O–H groups in total. The molecule has 0 aliphatic carbocycles. The molecule has 1 aliphatic heterocycles. The number of aromatic nitrogens is 1. The minimum atomic E-state index is -0.675. The lowest BCUT2D eigenvalue weighted by Crippen LogP contribution is -2.39. The van der Waals surface area contributed by atoms with Gasteiger partial charge in [0.2, 0.25) is 0 Å². The van der Waals surface area contributed by atoms with Crippen LogP contribution in [0, 0.1) is 3.77 Å². The molecule has 0 radical (unpaired) electrons. The fraction of sp³-hybridized carbons (Fsp3) is 0.115. The van der Waals surface area contributed by atoms with Crippen molar-refractivity contribution >= 4 is 51.7 Å². The van der Waals surface area contributed by atoms with E-state index in [1.54, 1.807) is 17.6 Å². The van der Waals surface area contributed by atoms with E-state index in [1.165, 1.54) is 11.3 Å². The first-order valence-electron chi connectivity index (χ1n) is 10.7. The third-order valence-electron chi connectivity index (χ3n) is 5.36. The number of nitrogens with zero attached hydrogens (tertiary/aromatic N) is 2. The Balaban J connectivity index is 1.83. The van der Waals surface area contributed by atoms with E-state index >= 15 is 0 Å². The second-order valence-electron chi connectivity index (χ2n) is 7.48. The Bertz CT molecular complexity index is 1570. The minimum absolute atomic E-state index is 0.216. The summed E-state index contributed by atoms with van der Waals surface area (Å²) in [6.45, 7) is 1.98. The quantitative estimate of drug-likeness (QED) is 0.262. The van der Waals surface area contributed by atoms with Gasteiger partial charge in [-0.3, -0.25) is 9.36 Å². The Hall–Kier alpha value is -3.24. The summed E-state index contributed by atoms with van der Waals surface area (Å²) < 4.78 is 13.9. The lowest BCUT2D eigenvalue weighted by molar-refractivity contribution is -0.138. The standard InChI is InChI=1S/C26H19IN2O4S/c1-2-32-25(31)21-22(16-9-5-3-6-10-16)28-26-29(23(21)17-11-7-4-8-12-17)24(30)19(34-26)15-18-13-14-20(27)33-18/h3-15,23H,2H2,1H3/b19-15-/t23-/m0/s1. The molecule has 0 saturated carbocycles. The molecule has 3 heterocycles. The molecule has 170 valence electrons. The zero-order valence-electron chi connectivity index (χ0n) is 18.1. The second-order valence-corrected chi connectivity index (χ2v) is 9.56. The molecule has 0 fully saturated rings. The molecule has 1 aliphatic rings. The molecule has 6 nitrogen and oxygen atoms in total. The Morgan fingerprint density at radius 1 is 1.12 bits per heavy atom. The number of carbonyl (C=O) groups excluding carboxylic acids is 1. The van der Waals surface area contributed by atoms with Crippen LogP contribution in [0.2, 0.25) is 0 Å². The normalized spacial score (nSPS) is 15.7. The van der Waals surface area contributed by atoms with Crippen LogP contribution in [0.1, 0.15) is 29.9 Å². The average molecular weight is 582 g/mol. The van der Waals surface area contributed by atoms with E-state index in [9.17, 15) is 9.59 Å². The van der Waals surface area contributed by atoms with E-state index in [2.05, 4.69) is 22.6 Å². The molecule has 0 spiro atoms. The van der Waals surface area contributed by atoms with Crippen molar-refractivity contribution in [2.45, 2.75) is 13.0 Å². The van der Waals surface area contributed by atoms with Crippen LogP contribution in [0.25, 0.3) is 11.8 Å². The van der Waals surface area contributed by atoms with Gasteiger partial charge < -0.3 is 9.15 Å². The number of furan rings is 1. The molecule has 4 aromatic rings. The maximum Gasteiger partial charge on any atom is 0.338 e. The second kappa shape index (κ2) is 9.55. The average Bonchev–Trinajstić information content (AvgIpc) is 3.41. The van der Waals surface area contributed by atoms with E-state index in [0.29, 0.717) is 26.4 Å². The summed E-state index contributed by atoms with van der Waals surface area (Å²) in [5.74, 6) is 0.0904. The van der Waals surface area contributed by atoms with Crippen molar-refractivity contribution in [1.82, 2.24) is 4.57 Å². The summed E-state index contributed by atoms with van der Waals surface area (Å²) in [7, 11) is 0. The minimum Gasteiger partial charge on any atom is -0.463 e. The van der Waals surface area contributed by atoms with Gasteiger partial charge in [0.15, 0.2) is 8.57 Å².